The molecule has 0 unspecified atom stereocenters. The number of aliphatic hydroxyl groups excluding tert-OH is 1. The zero-order valence-electron chi connectivity index (χ0n) is 15.4. The van der Waals surface area contributed by atoms with Gasteiger partial charge in [-0.1, -0.05) is 56.0 Å². The van der Waals surface area contributed by atoms with E-state index in [4.69, 9.17) is 9.84 Å². The molecule has 0 aliphatic carbocycles. The van der Waals surface area contributed by atoms with E-state index in [0.717, 1.165) is 25.1 Å². The van der Waals surface area contributed by atoms with Gasteiger partial charge in [-0.25, -0.2) is 0 Å². The van der Waals surface area contributed by atoms with Crippen LogP contribution in [0.5, 0.6) is 5.75 Å². The molecular weight excluding hydrogens is 322 g/mol. The highest BCUT2D eigenvalue weighted by Gasteiger charge is 2.03. The second-order valence-corrected chi connectivity index (χ2v) is 6.85. The maximum absolute atomic E-state index is 8.79. The third-order valence-electron chi connectivity index (χ3n) is 4.80. The average Bonchev–Trinajstić information content (AvgIpc) is 3.09. The molecule has 0 saturated heterocycles. The maximum atomic E-state index is 8.79. The van der Waals surface area contributed by atoms with E-state index in [-0.39, 0.29) is 0 Å². The van der Waals surface area contributed by atoms with Gasteiger partial charge in [-0.2, -0.15) is 0 Å². The van der Waals surface area contributed by atoms with Gasteiger partial charge in [0, 0.05) is 30.3 Å². The lowest BCUT2D eigenvalue weighted by Crippen LogP contribution is -1.97. The summed E-state index contributed by atoms with van der Waals surface area (Å²) < 4.78 is 8.26. The fourth-order valence-corrected chi connectivity index (χ4v) is 3.30. The molecule has 0 fully saturated rings. The molecule has 0 bridgehead atoms. The molecule has 0 spiro atoms. The average molecular weight is 351 g/mol. The lowest BCUT2D eigenvalue weighted by molar-refractivity contribution is 0.282. The van der Waals surface area contributed by atoms with Crippen LogP contribution < -0.4 is 4.74 Å². The summed E-state index contributed by atoms with van der Waals surface area (Å²) >= 11 is 0. The molecule has 138 valence electrons. The molecule has 3 rings (SSSR count). The Hall–Kier alpha value is -2.26. The number of fused-ring (bicyclic) bond motifs is 1. The van der Waals surface area contributed by atoms with Crippen molar-refractivity contribution in [3.8, 4) is 5.75 Å². The predicted octanol–water partition coefficient (Wildman–Crippen LogP) is 5.55. The third-order valence-corrected chi connectivity index (χ3v) is 4.80. The van der Waals surface area contributed by atoms with Crippen molar-refractivity contribution in [2.75, 3.05) is 6.61 Å². The van der Waals surface area contributed by atoms with Crippen molar-refractivity contribution in [2.45, 2.75) is 51.7 Å². The number of aromatic nitrogens is 1. The van der Waals surface area contributed by atoms with E-state index in [1.54, 1.807) is 0 Å². The van der Waals surface area contributed by atoms with E-state index in [1.165, 1.54) is 42.1 Å². The zero-order chi connectivity index (χ0) is 18.0. The molecule has 1 heterocycles. The molecule has 0 aliphatic rings. The van der Waals surface area contributed by atoms with Crippen LogP contribution in [0.15, 0.2) is 60.8 Å². The molecule has 3 heteroatoms. The number of unbranched alkanes of at least 4 members (excludes halogenated alkanes) is 5. The van der Waals surface area contributed by atoms with Crippen LogP contribution in [0.2, 0.25) is 0 Å². The SMILES string of the molecule is OCCCCCCCCn1ccc2cc(OCc3ccccc3)ccc21. The van der Waals surface area contributed by atoms with Gasteiger partial charge in [-0.05, 0) is 42.7 Å². The lowest BCUT2D eigenvalue weighted by Gasteiger charge is -2.08. The molecule has 3 aromatic rings. The Bertz CT molecular complexity index is 779. The maximum Gasteiger partial charge on any atom is 0.120 e. The van der Waals surface area contributed by atoms with E-state index in [9.17, 15) is 0 Å². The van der Waals surface area contributed by atoms with Crippen LogP contribution in [0.1, 0.15) is 44.1 Å². The van der Waals surface area contributed by atoms with Crippen molar-refractivity contribution < 1.29 is 9.84 Å². The fraction of sp³-hybridized carbons (Fsp3) is 0.391. The first-order chi connectivity index (χ1) is 12.9. The summed E-state index contributed by atoms with van der Waals surface area (Å²) in [6.07, 6.45) is 9.22. The first-order valence-corrected chi connectivity index (χ1v) is 9.73. The highest BCUT2D eigenvalue weighted by Crippen LogP contribution is 2.23. The summed E-state index contributed by atoms with van der Waals surface area (Å²) in [6.45, 7) is 1.99. The molecule has 0 saturated carbocycles. The van der Waals surface area contributed by atoms with Gasteiger partial charge in [0.1, 0.15) is 12.4 Å². The molecule has 3 nitrogen and oxygen atoms in total. The van der Waals surface area contributed by atoms with E-state index >= 15 is 0 Å². The summed E-state index contributed by atoms with van der Waals surface area (Å²) in [6, 6.07) is 18.8. The van der Waals surface area contributed by atoms with E-state index < -0.39 is 0 Å². The van der Waals surface area contributed by atoms with Gasteiger partial charge in [0.15, 0.2) is 0 Å². The minimum absolute atomic E-state index is 0.326. The Balaban J connectivity index is 1.49. The Kier molecular flexibility index (Phi) is 7.15. The fourth-order valence-electron chi connectivity index (χ4n) is 3.30. The Morgan fingerprint density at radius 2 is 1.58 bits per heavy atom. The number of ether oxygens (including phenoxy) is 1. The normalized spacial score (nSPS) is 11.1. The van der Waals surface area contributed by atoms with Crippen LogP contribution in [0.4, 0.5) is 0 Å². The van der Waals surface area contributed by atoms with Crippen LogP contribution in [0.3, 0.4) is 0 Å². The van der Waals surface area contributed by atoms with Crippen molar-refractivity contribution in [2.24, 2.45) is 0 Å². The first kappa shape index (κ1) is 18.5. The van der Waals surface area contributed by atoms with Gasteiger partial charge in [0.25, 0.3) is 0 Å². The van der Waals surface area contributed by atoms with E-state index in [2.05, 4.69) is 47.2 Å². The van der Waals surface area contributed by atoms with Crippen LogP contribution in [-0.2, 0) is 13.2 Å². The smallest absolute Gasteiger partial charge is 0.120 e. The molecule has 26 heavy (non-hydrogen) atoms. The standard InChI is InChI=1S/C23H29NO2/c25-17-9-4-2-1-3-8-15-24-16-14-21-18-22(12-13-23(21)24)26-19-20-10-6-5-7-11-20/h5-7,10-14,16,18,25H,1-4,8-9,15,17,19H2. The summed E-state index contributed by atoms with van der Waals surface area (Å²) in [4.78, 5) is 0. The molecule has 0 radical (unpaired) electrons. The molecular formula is C23H29NO2. The zero-order valence-corrected chi connectivity index (χ0v) is 15.4. The summed E-state index contributed by atoms with van der Waals surface area (Å²) in [5.41, 5.74) is 2.46. The molecule has 0 aliphatic heterocycles. The largest absolute Gasteiger partial charge is 0.489 e. The van der Waals surface area contributed by atoms with Gasteiger partial charge in [0.2, 0.25) is 0 Å². The number of aryl methyl sites for hydroxylation is 1. The van der Waals surface area contributed by atoms with E-state index in [1.807, 2.05) is 18.2 Å². The van der Waals surface area contributed by atoms with Crippen molar-refractivity contribution in [1.82, 2.24) is 4.57 Å². The van der Waals surface area contributed by atoms with Gasteiger partial charge in [0.05, 0.1) is 0 Å². The molecule has 1 N–H and O–H groups in total. The third kappa shape index (κ3) is 5.37. The number of nitrogens with zero attached hydrogens (tertiary/aromatic N) is 1. The highest BCUT2D eigenvalue weighted by atomic mass is 16.5. The second kappa shape index (κ2) is 10.0. The number of aliphatic hydroxyl groups is 1. The second-order valence-electron chi connectivity index (χ2n) is 6.85. The van der Waals surface area contributed by atoms with E-state index in [0.29, 0.717) is 13.2 Å². The van der Waals surface area contributed by atoms with Crippen LogP contribution in [-0.4, -0.2) is 16.3 Å². The number of hydrogen-bond acceptors (Lipinski definition) is 2. The van der Waals surface area contributed by atoms with Crippen molar-refractivity contribution in [1.29, 1.82) is 0 Å². The van der Waals surface area contributed by atoms with Gasteiger partial charge in [-0.15, -0.1) is 0 Å². The molecule has 0 atom stereocenters. The first-order valence-electron chi connectivity index (χ1n) is 9.73. The number of hydrogen-bond donors (Lipinski definition) is 1. The molecule has 1 aromatic heterocycles. The quantitative estimate of drug-likeness (QED) is 0.459. The number of benzene rings is 2. The van der Waals surface area contributed by atoms with Crippen molar-refractivity contribution >= 4 is 10.9 Å². The van der Waals surface area contributed by atoms with Gasteiger partial charge in [-0.3, -0.25) is 0 Å². The van der Waals surface area contributed by atoms with Crippen molar-refractivity contribution in [3.63, 3.8) is 0 Å². The summed E-state index contributed by atoms with van der Waals surface area (Å²) in [5, 5.41) is 10.0. The summed E-state index contributed by atoms with van der Waals surface area (Å²) in [5.74, 6) is 0.919. The van der Waals surface area contributed by atoms with Crippen LogP contribution in [0, 0.1) is 0 Å². The predicted molar refractivity (Wildman–Crippen MR) is 107 cm³/mol. The Morgan fingerprint density at radius 3 is 2.38 bits per heavy atom. The molecule has 2 aromatic carbocycles. The molecule has 0 amide bonds. The summed E-state index contributed by atoms with van der Waals surface area (Å²) in [7, 11) is 0. The lowest BCUT2D eigenvalue weighted by atomic mass is 10.1. The highest BCUT2D eigenvalue weighted by molar-refractivity contribution is 5.81. The monoisotopic (exact) mass is 351 g/mol. The topological polar surface area (TPSA) is 34.4 Å². The van der Waals surface area contributed by atoms with Gasteiger partial charge >= 0.3 is 0 Å². The van der Waals surface area contributed by atoms with Crippen LogP contribution in [0.25, 0.3) is 10.9 Å². The van der Waals surface area contributed by atoms with Crippen LogP contribution >= 0.6 is 0 Å². The van der Waals surface area contributed by atoms with Gasteiger partial charge < -0.3 is 14.4 Å². The Labute approximate surface area is 156 Å². The van der Waals surface area contributed by atoms with Crippen molar-refractivity contribution in [3.05, 3.63) is 66.4 Å². The minimum Gasteiger partial charge on any atom is -0.489 e. The minimum atomic E-state index is 0.326. The Morgan fingerprint density at radius 1 is 0.808 bits per heavy atom. The number of rotatable bonds is 11.